The second-order valence-electron chi connectivity index (χ2n) is 9.18. The van der Waals surface area contributed by atoms with Gasteiger partial charge in [0.25, 0.3) is 5.91 Å². The highest BCUT2D eigenvalue weighted by Crippen LogP contribution is 2.26. The van der Waals surface area contributed by atoms with E-state index in [0.717, 1.165) is 64.7 Å². The van der Waals surface area contributed by atoms with Crippen molar-refractivity contribution in [3.8, 4) is 0 Å². The van der Waals surface area contributed by atoms with Gasteiger partial charge in [0.2, 0.25) is 5.91 Å². The maximum absolute atomic E-state index is 12.7. The van der Waals surface area contributed by atoms with Crippen LogP contribution in [0.15, 0.2) is 47.1 Å². The van der Waals surface area contributed by atoms with E-state index < -0.39 is 0 Å². The molecule has 5 nitrogen and oxygen atoms in total. The normalized spacial score (nSPS) is 18.4. The summed E-state index contributed by atoms with van der Waals surface area (Å²) in [7, 11) is 0. The molecule has 2 amide bonds. The Morgan fingerprint density at radius 3 is 2.19 bits per heavy atom. The van der Waals surface area contributed by atoms with Gasteiger partial charge in [0, 0.05) is 32.6 Å². The van der Waals surface area contributed by atoms with Crippen LogP contribution in [-0.4, -0.2) is 47.8 Å². The fourth-order valence-corrected chi connectivity index (χ4v) is 5.02. The molecule has 31 heavy (non-hydrogen) atoms. The van der Waals surface area contributed by atoms with Crippen LogP contribution in [0, 0.1) is 18.8 Å². The first-order chi connectivity index (χ1) is 15.1. The van der Waals surface area contributed by atoms with Crippen LogP contribution < -0.4 is 0 Å². The molecule has 2 aliphatic rings. The fourth-order valence-electron chi connectivity index (χ4n) is 5.02. The van der Waals surface area contributed by atoms with E-state index in [9.17, 15) is 9.59 Å². The molecule has 0 aliphatic carbocycles. The average molecular weight is 423 g/mol. The second kappa shape index (κ2) is 10.2. The van der Waals surface area contributed by atoms with E-state index in [4.69, 9.17) is 4.42 Å². The first-order valence-electron chi connectivity index (χ1n) is 11.7. The lowest BCUT2D eigenvalue weighted by Crippen LogP contribution is -2.40. The molecule has 1 aromatic heterocycles. The molecule has 0 bridgehead atoms. The SMILES string of the molecule is Cc1occc1C(=O)N1CCC(CCC(=O)N2CCC(Cc3ccccc3)CC2)CC1. The van der Waals surface area contributed by atoms with E-state index in [1.165, 1.54) is 5.56 Å². The summed E-state index contributed by atoms with van der Waals surface area (Å²) in [5.41, 5.74) is 2.07. The van der Waals surface area contributed by atoms with Gasteiger partial charge in [-0.25, -0.2) is 0 Å². The van der Waals surface area contributed by atoms with Crippen LogP contribution >= 0.6 is 0 Å². The zero-order chi connectivity index (χ0) is 21.6. The van der Waals surface area contributed by atoms with E-state index in [0.29, 0.717) is 35.5 Å². The van der Waals surface area contributed by atoms with Crippen molar-refractivity contribution >= 4 is 11.8 Å². The number of hydrogen-bond donors (Lipinski definition) is 0. The predicted molar refractivity (Wildman–Crippen MR) is 121 cm³/mol. The fraction of sp³-hybridized carbons (Fsp3) is 0.538. The van der Waals surface area contributed by atoms with Gasteiger partial charge in [0.05, 0.1) is 11.8 Å². The topological polar surface area (TPSA) is 53.8 Å². The van der Waals surface area contributed by atoms with E-state index in [1.807, 2.05) is 11.8 Å². The quantitative estimate of drug-likeness (QED) is 0.678. The van der Waals surface area contributed by atoms with E-state index in [-0.39, 0.29) is 5.91 Å². The zero-order valence-electron chi connectivity index (χ0n) is 18.6. The lowest BCUT2D eigenvalue weighted by atomic mass is 9.89. The Bertz CT molecular complexity index is 860. The van der Waals surface area contributed by atoms with Gasteiger partial charge in [-0.2, -0.15) is 0 Å². The van der Waals surface area contributed by atoms with Gasteiger partial charge in [0.15, 0.2) is 0 Å². The molecule has 2 fully saturated rings. The summed E-state index contributed by atoms with van der Waals surface area (Å²) in [6.45, 7) is 5.16. The number of furan rings is 1. The van der Waals surface area contributed by atoms with Crippen molar-refractivity contribution in [2.45, 2.75) is 51.9 Å². The maximum atomic E-state index is 12.7. The van der Waals surface area contributed by atoms with Crippen molar-refractivity contribution in [3.05, 3.63) is 59.5 Å². The number of piperidine rings is 2. The molecule has 1 aromatic carbocycles. The van der Waals surface area contributed by atoms with Crippen molar-refractivity contribution in [3.63, 3.8) is 0 Å². The summed E-state index contributed by atoms with van der Waals surface area (Å²) >= 11 is 0. The molecule has 3 heterocycles. The first-order valence-corrected chi connectivity index (χ1v) is 11.7. The van der Waals surface area contributed by atoms with Crippen molar-refractivity contribution in [1.82, 2.24) is 9.80 Å². The van der Waals surface area contributed by atoms with Crippen LogP contribution in [0.2, 0.25) is 0 Å². The molecule has 166 valence electrons. The average Bonchev–Trinajstić information content (AvgIpc) is 3.24. The Kier molecular flexibility index (Phi) is 7.10. The number of amides is 2. The highest BCUT2D eigenvalue weighted by molar-refractivity contribution is 5.95. The third kappa shape index (κ3) is 5.57. The Balaban J connectivity index is 1.15. The van der Waals surface area contributed by atoms with Gasteiger partial charge >= 0.3 is 0 Å². The van der Waals surface area contributed by atoms with Crippen LogP contribution in [0.25, 0.3) is 0 Å². The summed E-state index contributed by atoms with van der Waals surface area (Å²) in [5, 5.41) is 0. The third-order valence-corrected chi connectivity index (χ3v) is 7.09. The Hall–Kier alpha value is -2.56. The summed E-state index contributed by atoms with van der Waals surface area (Å²) in [5.74, 6) is 2.29. The van der Waals surface area contributed by atoms with Gasteiger partial charge in [-0.15, -0.1) is 0 Å². The summed E-state index contributed by atoms with van der Waals surface area (Å²) in [6.07, 6.45) is 8.45. The van der Waals surface area contributed by atoms with Gasteiger partial charge < -0.3 is 14.2 Å². The number of rotatable bonds is 6. The molecule has 2 aromatic rings. The number of nitrogens with zero attached hydrogens (tertiary/aromatic N) is 2. The third-order valence-electron chi connectivity index (χ3n) is 7.09. The Morgan fingerprint density at radius 1 is 0.903 bits per heavy atom. The van der Waals surface area contributed by atoms with Gasteiger partial charge in [-0.05, 0) is 68.9 Å². The molecule has 0 radical (unpaired) electrons. The summed E-state index contributed by atoms with van der Waals surface area (Å²) in [4.78, 5) is 29.3. The zero-order valence-corrected chi connectivity index (χ0v) is 18.6. The molecule has 0 saturated carbocycles. The molecule has 2 aliphatic heterocycles. The number of likely N-dealkylation sites (tertiary alicyclic amines) is 2. The van der Waals surface area contributed by atoms with Crippen LogP contribution in [0.4, 0.5) is 0 Å². The lowest BCUT2D eigenvalue weighted by Gasteiger charge is -2.34. The van der Waals surface area contributed by atoms with Gasteiger partial charge in [-0.1, -0.05) is 30.3 Å². The molecular weight excluding hydrogens is 388 g/mol. The standard InChI is InChI=1S/C26H34N2O3/c1-20-24(13-18-31-20)26(30)28-16-9-21(10-17-28)7-8-25(29)27-14-11-23(12-15-27)19-22-5-3-2-4-6-22/h2-6,13,18,21,23H,7-12,14-17,19H2,1H3. The molecule has 0 atom stereocenters. The molecular formula is C26H34N2O3. The Labute approximate surface area is 185 Å². The van der Waals surface area contributed by atoms with E-state index in [1.54, 1.807) is 12.3 Å². The molecule has 0 spiro atoms. The predicted octanol–water partition coefficient (Wildman–Crippen LogP) is 4.70. The molecule has 4 rings (SSSR count). The molecule has 2 saturated heterocycles. The summed E-state index contributed by atoms with van der Waals surface area (Å²) in [6, 6.07) is 12.4. The monoisotopic (exact) mass is 422 g/mol. The number of benzene rings is 1. The van der Waals surface area contributed by atoms with Crippen LogP contribution in [0.1, 0.15) is 60.2 Å². The molecule has 5 heteroatoms. The maximum Gasteiger partial charge on any atom is 0.257 e. The molecule has 0 unspecified atom stereocenters. The van der Waals surface area contributed by atoms with Gasteiger partial charge in [-0.3, -0.25) is 9.59 Å². The van der Waals surface area contributed by atoms with E-state index in [2.05, 4.69) is 35.2 Å². The highest BCUT2D eigenvalue weighted by Gasteiger charge is 2.27. The van der Waals surface area contributed by atoms with Crippen LogP contribution in [-0.2, 0) is 11.2 Å². The smallest absolute Gasteiger partial charge is 0.257 e. The highest BCUT2D eigenvalue weighted by atomic mass is 16.3. The number of carbonyl (C=O) groups excluding carboxylic acids is 2. The Morgan fingerprint density at radius 2 is 1.55 bits per heavy atom. The van der Waals surface area contributed by atoms with Crippen molar-refractivity contribution in [2.75, 3.05) is 26.2 Å². The number of hydrogen-bond acceptors (Lipinski definition) is 3. The minimum Gasteiger partial charge on any atom is -0.469 e. The number of aryl methyl sites for hydroxylation is 1. The van der Waals surface area contributed by atoms with Crippen molar-refractivity contribution in [1.29, 1.82) is 0 Å². The van der Waals surface area contributed by atoms with Gasteiger partial charge in [0.1, 0.15) is 5.76 Å². The first kappa shape index (κ1) is 21.7. The van der Waals surface area contributed by atoms with Crippen LogP contribution in [0.3, 0.4) is 0 Å². The molecule has 0 N–H and O–H groups in total. The summed E-state index contributed by atoms with van der Waals surface area (Å²) < 4.78 is 5.27. The number of carbonyl (C=O) groups is 2. The van der Waals surface area contributed by atoms with Crippen LogP contribution in [0.5, 0.6) is 0 Å². The largest absolute Gasteiger partial charge is 0.469 e. The van der Waals surface area contributed by atoms with E-state index >= 15 is 0 Å². The minimum absolute atomic E-state index is 0.0687. The van der Waals surface area contributed by atoms with Crippen molar-refractivity contribution in [2.24, 2.45) is 11.8 Å². The van der Waals surface area contributed by atoms with Crippen molar-refractivity contribution < 1.29 is 14.0 Å². The lowest BCUT2D eigenvalue weighted by molar-refractivity contribution is -0.133. The minimum atomic E-state index is 0.0687. The second-order valence-corrected chi connectivity index (χ2v) is 9.18.